The number of nitrogens with one attached hydrogen (secondary N) is 1. The number of hydrogen-bond donors (Lipinski definition) is 1. The zero-order valence-electron chi connectivity index (χ0n) is 9.25. The molecule has 0 aromatic heterocycles. The smallest absolute Gasteiger partial charge is 0.409 e. The molecular formula is C10H20N2O2. The fraction of sp³-hybridized carbons (Fsp3) is 0.900. The first kappa shape index (κ1) is 11.3. The van der Waals surface area contributed by atoms with Gasteiger partial charge in [-0.25, -0.2) is 4.79 Å². The van der Waals surface area contributed by atoms with Gasteiger partial charge < -0.3 is 15.0 Å². The van der Waals surface area contributed by atoms with Gasteiger partial charge in [-0.05, 0) is 19.8 Å². The van der Waals surface area contributed by atoms with Crippen LogP contribution >= 0.6 is 0 Å². The lowest BCUT2D eigenvalue weighted by Gasteiger charge is -2.18. The molecule has 4 heteroatoms. The van der Waals surface area contributed by atoms with E-state index in [4.69, 9.17) is 0 Å². The van der Waals surface area contributed by atoms with Gasteiger partial charge in [0, 0.05) is 25.2 Å². The number of hydrogen-bond acceptors (Lipinski definition) is 3. The van der Waals surface area contributed by atoms with E-state index in [0.29, 0.717) is 12.1 Å². The van der Waals surface area contributed by atoms with Crippen LogP contribution in [0.1, 0.15) is 26.7 Å². The lowest BCUT2D eigenvalue weighted by Crippen LogP contribution is -2.39. The van der Waals surface area contributed by atoms with Crippen molar-refractivity contribution in [3.8, 4) is 0 Å². The van der Waals surface area contributed by atoms with Crippen molar-refractivity contribution < 1.29 is 9.53 Å². The van der Waals surface area contributed by atoms with Crippen LogP contribution in [0.5, 0.6) is 0 Å². The molecule has 0 bridgehead atoms. The molecule has 0 aliphatic carbocycles. The van der Waals surface area contributed by atoms with Gasteiger partial charge in [0.05, 0.1) is 7.11 Å². The fourth-order valence-corrected chi connectivity index (χ4v) is 1.71. The highest BCUT2D eigenvalue weighted by Gasteiger charge is 2.26. The largest absolute Gasteiger partial charge is 0.453 e. The van der Waals surface area contributed by atoms with Crippen molar-refractivity contribution in [1.29, 1.82) is 0 Å². The molecule has 0 aromatic carbocycles. The quantitative estimate of drug-likeness (QED) is 0.744. The molecule has 1 aliphatic rings. The zero-order chi connectivity index (χ0) is 10.6. The summed E-state index contributed by atoms with van der Waals surface area (Å²) in [5, 5.41) is 3.49. The summed E-state index contributed by atoms with van der Waals surface area (Å²) in [7, 11) is 1.43. The molecule has 1 rings (SSSR count). The molecule has 1 N–H and O–H groups in total. The highest BCUT2D eigenvalue weighted by Crippen LogP contribution is 2.11. The second-order valence-corrected chi connectivity index (χ2v) is 3.88. The summed E-state index contributed by atoms with van der Waals surface area (Å²) in [4.78, 5) is 12.9. The maximum atomic E-state index is 11.2. The topological polar surface area (TPSA) is 41.6 Å². The van der Waals surface area contributed by atoms with E-state index in [2.05, 4.69) is 23.9 Å². The summed E-state index contributed by atoms with van der Waals surface area (Å²) < 4.78 is 4.67. The summed E-state index contributed by atoms with van der Waals surface area (Å²) >= 11 is 0. The van der Waals surface area contributed by atoms with Crippen molar-refractivity contribution in [2.75, 3.05) is 20.2 Å². The summed E-state index contributed by atoms with van der Waals surface area (Å²) in [5.74, 6) is 0. The molecule has 4 nitrogen and oxygen atoms in total. The average Bonchev–Trinajstić information content (AvgIpc) is 2.65. The van der Waals surface area contributed by atoms with Crippen LogP contribution in [-0.2, 0) is 4.74 Å². The lowest BCUT2D eigenvalue weighted by molar-refractivity contribution is 0.132. The Balaban J connectivity index is 2.30. The molecule has 0 spiro atoms. The van der Waals surface area contributed by atoms with Crippen LogP contribution in [-0.4, -0.2) is 43.3 Å². The minimum atomic E-state index is -0.210. The Morgan fingerprint density at radius 2 is 2.43 bits per heavy atom. The third-order valence-electron chi connectivity index (χ3n) is 2.75. The zero-order valence-corrected chi connectivity index (χ0v) is 9.25. The molecule has 0 radical (unpaired) electrons. The monoisotopic (exact) mass is 200 g/mol. The van der Waals surface area contributed by atoms with Crippen molar-refractivity contribution in [3.63, 3.8) is 0 Å². The average molecular weight is 200 g/mol. The van der Waals surface area contributed by atoms with Crippen LogP contribution in [0.25, 0.3) is 0 Å². The third-order valence-corrected chi connectivity index (χ3v) is 2.75. The Hall–Kier alpha value is -0.770. The Labute approximate surface area is 85.6 Å². The summed E-state index contributed by atoms with van der Waals surface area (Å²) in [5.41, 5.74) is 0. The second kappa shape index (κ2) is 5.20. The van der Waals surface area contributed by atoms with Gasteiger partial charge in [-0.15, -0.1) is 0 Å². The highest BCUT2D eigenvalue weighted by molar-refractivity contribution is 5.67. The third kappa shape index (κ3) is 2.87. The molecule has 0 aromatic rings. The Morgan fingerprint density at radius 3 is 3.00 bits per heavy atom. The second-order valence-electron chi connectivity index (χ2n) is 3.88. The van der Waals surface area contributed by atoms with Crippen molar-refractivity contribution in [3.05, 3.63) is 0 Å². The van der Waals surface area contributed by atoms with Crippen LogP contribution in [0.2, 0.25) is 0 Å². The number of methoxy groups -OCH3 is 1. The maximum absolute atomic E-state index is 11.2. The molecule has 1 aliphatic heterocycles. The van der Waals surface area contributed by atoms with E-state index in [1.807, 2.05) is 0 Å². The highest BCUT2D eigenvalue weighted by atomic mass is 16.5. The number of rotatable bonds is 3. The van der Waals surface area contributed by atoms with Gasteiger partial charge in [0.2, 0.25) is 0 Å². The molecule has 1 amide bonds. The van der Waals surface area contributed by atoms with Crippen molar-refractivity contribution in [2.24, 2.45) is 0 Å². The van der Waals surface area contributed by atoms with E-state index in [0.717, 1.165) is 25.9 Å². The van der Waals surface area contributed by atoms with Crippen LogP contribution in [0.4, 0.5) is 4.79 Å². The van der Waals surface area contributed by atoms with Gasteiger partial charge in [0.25, 0.3) is 0 Å². The molecule has 14 heavy (non-hydrogen) atoms. The Morgan fingerprint density at radius 1 is 1.71 bits per heavy atom. The van der Waals surface area contributed by atoms with E-state index >= 15 is 0 Å². The molecular weight excluding hydrogens is 180 g/mol. The lowest BCUT2D eigenvalue weighted by atomic mass is 10.2. The summed E-state index contributed by atoms with van der Waals surface area (Å²) in [6.07, 6.45) is 1.94. The van der Waals surface area contributed by atoms with Gasteiger partial charge in [-0.3, -0.25) is 0 Å². The van der Waals surface area contributed by atoms with Crippen molar-refractivity contribution >= 4 is 6.09 Å². The van der Waals surface area contributed by atoms with Crippen LogP contribution < -0.4 is 5.32 Å². The molecule has 2 unspecified atom stereocenters. The van der Waals surface area contributed by atoms with Crippen LogP contribution in [0.3, 0.4) is 0 Å². The molecule has 1 saturated heterocycles. The van der Waals surface area contributed by atoms with E-state index in [-0.39, 0.29) is 6.09 Å². The summed E-state index contributed by atoms with van der Waals surface area (Å²) in [6, 6.07) is 0.960. The Bertz CT molecular complexity index is 197. The molecule has 82 valence electrons. The first-order valence-electron chi connectivity index (χ1n) is 5.26. The first-order chi connectivity index (χ1) is 6.67. The van der Waals surface area contributed by atoms with E-state index < -0.39 is 0 Å². The first-order valence-corrected chi connectivity index (χ1v) is 5.26. The number of likely N-dealkylation sites (tertiary alicyclic amines) is 1. The number of carbonyl (C=O) groups excluding carboxylic acids is 1. The van der Waals surface area contributed by atoms with Gasteiger partial charge >= 0.3 is 6.09 Å². The predicted octanol–water partition coefficient (Wildman–Crippen LogP) is 1.22. The van der Waals surface area contributed by atoms with Crippen LogP contribution in [0.15, 0.2) is 0 Å². The van der Waals surface area contributed by atoms with Gasteiger partial charge in [-0.2, -0.15) is 0 Å². The van der Waals surface area contributed by atoms with E-state index in [1.54, 1.807) is 4.90 Å². The fourth-order valence-electron chi connectivity index (χ4n) is 1.71. The predicted molar refractivity (Wildman–Crippen MR) is 55.3 cm³/mol. The number of nitrogens with zero attached hydrogens (tertiary/aromatic N) is 1. The molecule has 1 heterocycles. The molecule has 0 saturated carbocycles. The normalized spacial score (nSPS) is 23.6. The standard InChI is InChI=1S/C10H20N2O2/c1-4-8(2)11-9-5-6-12(7-9)10(13)14-3/h8-9,11H,4-7H2,1-3H3. The maximum Gasteiger partial charge on any atom is 0.409 e. The van der Waals surface area contributed by atoms with Gasteiger partial charge in [0.1, 0.15) is 0 Å². The number of carbonyl (C=O) groups is 1. The number of amides is 1. The van der Waals surface area contributed by atoms with E-state index in [9.17, 15) is 4.79 Å². The Kier molecular flexibility index (Phi) is 4.20. The van der Waals surface area contributed by atoms with Gasteiger partial charge in [0.15, 0.2) is 0 Å². The van der Waals surface area contributed by atoms with Crippen LogP contribution in [0, 0.1) is 0 Å². The SMILES string of the molecule is CCC(C)NC1CCN(C(=O)OC)C1. The minimum Gasteiger partial charge on any atom is -0.453 e. The molecule has 2 atom stereocenters. The molecule has 1 fully saturated rings. The van der Waals surface area contributed by atoms with Crippen molar-refractivity contribution in [1.82, 2.24) is 10.2 Å². The van der Waals surface area contributed by atoms with Gasteiger partial charge in [-0.1, -0.05) is 6.92 Å². The summed E-state index contributed by atoms with van der Waals surface area (Å²) in [6.45, 7) is 5.91. The minimum absolute atomic E-state index is 0.210. The van der Waals surface area contributed by atoms with E-state index in [1.165, 1.54) is 7.11 Å². The number of ether oxygens (including phenoxy) is 1. The van der Waals surface area contributed by atoms with Crippen molar-refractivity contribution in [2.45, 2.75) is 38.8 Å².